The Bertz CT molecular complexity index is 3690. The number of amides is 14. The molecule has 33 N–H and O–H groups in total. The van der Waals surface area contributed by atoms with Gasteiger partial charge in [-0.15, -0.1) is 0 Å². The fraction of sp³-hybridized carbons (Fsp3) is 0.618. The number of phenols is 1. The number of aromatic hydroxyl groups is 1. The van der Waals surface area contributed by atoms with Crippen LogP contribution in [0.2, 0.25) is 0 Å². The molecule has 2 aromatic carbocycles. The van der Waals surface area contributed by atoms with Crippen LogP contribution in [-0.2, 0) is 80.0 Å². The van der Waals surface area contributed by atoms with E-state index in [2.05, 4.69) is 78.8 Å². The number of nitrogens with zero attached hydrogens (tertiary/aromatic N) is 4. The fourth-order valence-electron chi connectivity index (χ4n) is 13.0. The predicted octanol–water partition coefficient (Wildman–Crippen LogP) is -6.24. The summed E-state index contributed by atoms with van der Waals surface area (Å²) in [6.45, 7) is 6.89. The second-order valence-electron chi connectivity index (χ2n) is 29.7. The van der Waals surface area contributed by atoms with Gasteiger partial charge in [0.05, 0.1) is 19.0 Å². The first-order chi connectivity index (χ1) is 55.6. The Morgan fingerprint density at radius 1 is 0.538 bits per heavy atom. The van der Waals surface area contributed by atoms with Crippen LogP contribution in [-0.4, -0.2) is 235 Å². The molecule has 2 aliphatic rings. The Balaban J connectivity index is 1.66. The van der Waals surface area contributed by atoms with E-state index in [9.17, 15) is 57.8 Å². The van der Waals surface area contributed by atoms with Crippen LogP contribution in [0.1, 0.15) is 161 Å². The molecular formula is C76H126N26O15. The average Bonchev–Trinajstić information content (AvgIpc) is 1.76. The standard InChI is InChI=1S/C76H126N26O15/c1-5-44(4)61(72(116)97-53(25-16-36-90-76(85)86)73(117)102-37-17-26-58(102)71(115)96-50(22-10-12-32-78)65(109)98-54(38-43(2)3)68(112)93-49(62(80)106)21-9-11-31-77)101-67(111)52-23-14-33-87-59(104)41-57(64(108)91-42-60(105)92-55(69(113)95-52)39-45-18-7-6-8-19-45)100-70(114)56(40-46-27-29-47(103)30-28-46)99-66(110)51(24-15-35-89-75(83)84)94-63(107)48(79)20-13-34-88-74(81)82/h6-8,18-19,27-30,43-44,48-58,61,103H,5,9-17,20-26,31-42,77-79H2,1-4H3,(H2,80,106)(H,87,104)(H,91,108)(H,92,105)(H,93,112)(H,94,107)(H,95,113)(H,96,115)(H,97,116)(H,98,109)(H,99,110)(H,100,114)(H,101,111)(H4,81,82,88)(H4,83,84,89)(H4,85,86,90)/t44-,48-,49-,50-,51-,52?,53-,54-,55?,56-,57+,58-,61-/m0/s1. The van der Waals surface area contributed by atoms with E-state index in [1.54, 1.807) is 44.2 Å². The van der Waals surface area contributed by atoms with Crippen LogP contribution in [0, 0.1) is 11.8 Å². The molecule has 2 aliphatic heterocycles. The number of nitrogens with one attached hydrogen (secondary N) is 12. The van der Waals surface area contributed by atoms with Crippen LogP contribution in [0.5, 0.6) is 5.75 Å². The number of nitrogens with two attached hydrogens (primary N) is 10. The van der Waals surface area contributed by atoms with Crippen molar-refractivity contribution in [1.82, 2.24) is 68.7 Å². The van der Waals surface area contributed by atoms with Gasteiger partial charge in [-0.2, -0.15) is 0 Å². The minimum Gasteiger partial charge on any atom is -0.508 e. The van der Waals surface area contributed by atoms with Gasteiger partial charge in [0, 0.05) is 45.6 Å². The number of rotatable bonds is 46. The van der Waals surface area contributed by atoms with Crippen molar-refractivity contribution < 1.29 is 72.2 Å². The summed E-state index contributed by atoms with van der Waals surface area (Å²) < 4.78 is 0. The summed E-state index contributed by atoms with van der Waals surface area (Å²) in [5.74, 6) is -13.2. The maximum absolute atomic E-state index is 15.1. The zero-order valence-electron chi connectivity index (χ0n) is 67.5. The first kappa shape index (κ1) is 97.9. The third-order valence-corrected chi connectivity index (χ3v) is 19.6. The molecule has 41 heteroatoms. The van der Waals surface area contributed by atoms with E-state index in [1.807, 2.05) is 13.8 Å². The molecule has 2 heterocycles. The molecule has 0 aromatic heterocycles. The number of unbranched alkanes of at least 4 members (excludes halogenated alkanes) is 2. The highest BCUT2D eigenvalue weighted by Crippen LogP contribution is 2.23. The van der Waals surface area contributed by atoms with Gasteiger partial charge in [0.15, 0.2) is 17.9 Å². The van der Waals surface area contributed by atoms with Crippen molar-refractivity contribution in [2.24, 2.45) is 84.1 Å². The van der Waals surface area contributed by atoms with Crippen molar-refractivity contribution >= 4 is 101 Å². The van der Waals surface area contributed by atoms with E-state index < -0.39 is 174 Å². The molecule has 2 saturated heterocycles. The van der Waals surface area contributed by atoms with Gasteiger partial charge in [-0.25, -0.2) is 0 Å². The molecule has 2 unspecified atom stereocenters. The quantitative estimate of drug-likeness (QED) is 0.0167. The van der Waals surface area contributed by atoms with Gasteiger partial charge in [-0.1, -0.05) is 76.6 Å². The average molecular weight is 1640 g/mol. The molecule has 0 aliphatic carbocycles. The number of hydrogen-bond acceptors (Lipinski definition) is 21. The third kappa shape index (κ3) is 36.5. The number of carbonyl (C=O) groups is 14. The van der Waals surface area contributed by atoms with Crippen molar-refractivity contribution in [3.8, 4) is 5.75 Å². The van der Waals surface area contributed by atoms with Gasteiger partial charge in [0.25, 0.3) is 0 Å². The summed E-state index contributed by atoms with van der Waals surface area (Å²) in [5.41, 5.74) is 57.5. The lowest BCUT2D eigenvalue weighted by atomic mass is 9.96. The van der Waals surface area contributed by atoms with Crippen molar-refractivity contribution in [3.05, 3.63) is 65.7 Å². The lowest BCUT2D eigenvalue weighted by molar-refractivity contribution is -0.143. The minimum atomic E-state index is -1.77. The monoisotopic (exact) mass is 1640 g/mol. The summed E-state index contributed by atoms with van der Waals surface area (Å²) in [6, 6.07) is -2.13. The summed E-state index contributed by atoms with van der Waals surface area (Å²) in [4.78, 5) is 213. The molecule has 0 saturated carbocycles. The number of carbonyl (C=O) groups excluding carboxylic acids is 14. The molecule has 0 radical (unpaired) electrons. The van der Waals surface area contributed by atoms with Gasteiger partial charge in [0.1, 0.15) is 72.2 Å². The molecule has 117 heavy (non-hydrogen) atoms. The fourth-order valence-corrected chi connectivity index (χ4v) is 13.0. The van der Waals surface area contributed by atoms with Crippen LogP contribution >= 0.6 is 0 Å². The number of guanidine groups is 3. The smallest absolute Gasteiger partial charge is 0.245 e. The molecule has 650 valence electrons. The molecule has 2 aromatic rings. The largest absolute Gasteiger partial charge is 0.508 e. The van der Waals surface area contributed by atoms with Crippen molar-refractivity contribution in [2.75, 3.05) is 52.4 Å². The Labute approximate surface area is 681 Å². The SMILES string of the molecule is CC[C@H](C)[C@H](NC(=O)C1CCCNC(=O)C[C@@H](NC(=O)[C@H](Cc2ccc(O)cc2)NC(=O)[C@H](CCCN=C(N)N)NC(=O)[C@@H](N)CCCN=C(N)N)C(=O)NCC(=O)NC(Cc2ccccc2)C(=O)N1)C(=O)N[C@@H](CCCN=C(N)N)C(=O)N1CCC[C@H]1C(=O)N[C@@H](CCCCN)C(=O)N[C@@H](CC(C)C)C(=O)N[C@@H](CCCCN)C(N)=O. The first-order valence-electron chi connectivity index (χ1n) is 40.0. The lowest BCUT2D eigenvalue weighted by Gasteiger charge is -2.32. The maximum Gasteiger partial charge on any atom is 0.245 e. The van der Waals surface area contributed by atoms with Gasteiger partial charge >= 0.3 is 0 Å². The number of primary amides is 1. The van der Waals surface area contributed by atoms with Gasteiger partial charge in [0.2, 0.25) is 82.7 Å². The van der Waals surface area contributed by atoms with Crippen molar-refractivity contribution in [3.63, 3.8) is 0 Å². The van der Waals surface area contributed by atoms with Crippen LogP contribution in [0.3, 0.4) is 0 Å². The zero-order valence-corrected chi connectivity index (χ0v) is 67.5. The van der Waals surface area contributed by atoms with Gasteiger partial charge in [-0.3, -0.25) is 82.1 Å². The number of likely N-dealkylation sites (tertiary alicyclic amines) is 1. The second-order valence-corrected chi connectivity index (χ2v) is 29.7. The van der Waals surface area contributed by atoms with Gasteiger partial charge in [-0.05, 0) is 157 Å². The molecule has 4 rings (SSSR count). The normalized spacial score (nSPS) is 18.3. The molecule has 41 nitrogen and oxygen atoms in total. The molecule has 2 fully saturated rings. The van der Waals surface area contributed by atoms with Crippen molar-refractivity contribution in [1.29, 1.82) is 0 Å². The maximum atomic E-state index is 15.1. The lowest BCUT2D eigenvalue weighted by Crippen LogP contribution is -2.61. The van der Waals surface area contributed by atoms with E-state index in [0.29, 0.717) is 56.2 Å². The second kappa shape index (κ2) is 52.2. The Morgan fingerprint density at radius 2 is 1.08 bits per heavy atom. The summed E-state index contributed by atoms with van der Waals surface area (Å²) >= 11 is 0. The van der Waals surface area contributed by atoms with Crippen LogP contribution < -0.4 is 121 Å². The van der Waals surface area contributed by atoms with E-state index in [0.717, 1.165) is 0 Å². The van der Waals surface area contributed by atoms with Crippen LogP contribution in [0.15, 0.2) is 69.6 Å². The molecule has 0 spiro atoms. The van der Waals surface area contributed by atoms with E-state index >= 15 is 14.4 Å². The van der Waals surface area contributed by atoms with Gasteiger partial charge < -0.3 is 131 Å². The Hall–Kier alpha value is -11.5. The van der Waals surface area contributed by atoms with E-state index in [4.69, 9.17) is 57.3 Å². The molecular weight excluding hydrogens is 1520 g/mol. The summed E-state index contributed by atoms with van der Waals surface area (Å²) in [7, 11) is 0. The van der Waals surface area contributed by atoms with Crippen LogP contribution in [0.4, 0.5) is 0 Å². The number of hydrogen-bond donors (Lipinski definition) is 23. The number of phenolic OH excluding ortho intramolecular Hbond substituents is 1. The topological polar surface area (TPSA) is 704 Å². The number of aliphatic imine (C=N–C) groups is 3. The minimum absolute atomic E-state index is 0.00774. The van der Waals surface area contributed by atoms with E-state index in [1.165, 1.54) is 29.2 Å². The van der Waals surface area contributed by atoms with Crippen LogP contribution in [0.25, 0.3) is 0 Å². The predicted molar refractivity (Wildman–Crippen MR) is 437 cm³/mol. The number of benzene rings is 2. The molecule has 0 bridgehead atoms. The molecule has 13 atom stereocenters. The Kier molecular flexibility index (Phi) is 43.6. The summed E-state index contributed by atoms with van der Waals surface area (Å²) in [5, 5.41) is 42.2. The Morgan fingerprint density at radius 3 is 1.66 bits per heavy atom. The molecule has 14 amide bonds. The first-order valence-corrected chi connectivity index (χ1v) is 40.0. The highest BCUT2D eigenvalue weighted by molar-refractivity contribution is 6.00. The highest BCUT2D eigenvalue weighted by atomic mass is 16.3. The summed E-state index contributed by atoms with van der Waals surface area (Å²) in [6.07, 6.45) is 2.07. The van der Waals surface area contributed by atoms with E-state index in [-0.39, 0.29) is 159 Å². The third-order valence-electron chi connectivity index (χ3n) is 19.6. The highest BCUT2D eigenvalue weighted by Gasteiger charge is 2.42. The van der Waals surface area contributed by atoms with Crippen molar-refractivity contribution in [2.45, 2.75) is 235 Å². The zero-order chi connectivity index (χ0) is 86.7.